The van der Waals surface area contributed by atoms with Crippen molar-refractivity contribution in [1.82, 2.24) is 14.8 Å². The number of nitrogens with one attached hydrogen (secondary N) is 1. The number of halogens is 1. The van der Waals surface area contributed by atoms with Crippen LogP contribution in [-0.4, -0.2) is 14.8 Å². The van der Waals surface area contributed by atoms with Crippen LogP contribution in [-0.2, 0) is 6.42 Å². The number of H-pyrrole nitrogens is 1. The first kappa shape index (κ1) is 14.0. The average Bonchev–Trinajstić information content (AvgIpc) is 2.89. The second-order valence-corrected chi connectivity index (χ2v) is 5.48. The monoisotopic (exact) mass is 315 g/mol. The highest BCUT2D eigenvalue weighted by Gasteiger charge is 2.13. The van der Waals surface area contributed by atoms with Gasteiger partial charge in [-0.1, -0.05) is 42.8 Å². The summed E-state index contributed by atoms with van der Waals surface area (Å²) in [4.78, 5) is 0. The molecular formula is C16H14ClN3S. The van der Waals surface area contributed by atoms with Gasteiger partial charge >= 0.3 is 0 Å². The number of hydrogen-bond acceptors (Lipinski definition) is 2. The summed E-state index contributed by atoms with van der Waals surface area (Å²) in [7, 11) is 0. The van der Waals surface area contributed by atoms with E-state index in [-0.39, 0.29) is 0 Å². The van der Waals surface area contributed by atoms with Crippen molar-refractivity contribution in [2.75, 3.05) is 0 Å². The van der Waals surface area contributed by atoms with Crippen molar-refractivity contribution in [3.8, 4) is 17.1 Å². The first-order chi connectivity index (χ1) is 10.2. The summed E-state index contributed by atoms with van der Waals surface area (Å²) in [5.41, 5.74) is 3.11. The number of nitrogens with zero attached hydrogens (tertiary/aromatic N) is 2. The molecule has 0 aliphatic carbocycles. The zero-order valence-corrected chi connectivity index (χ0v) is 13.1. The normalized spacial score (nSPS) is 10.8. The van der Waals surface area contributed by atoms with Gasteiger partial charge in [0.05, 0.1) is 5.02 Å². The molecule has 0 radical (unpaired) electrons. The van der Waals surface area contributed by atoms with Crippen molar-refractivity contribution in [2.45, 2.75) is 13.3 Å². The molecule has 0 unspecified atom stereocenters. The minimum atomic E-state index is 0.550. The van der Waals surface area contributed by atoms with E-state index in [9.17, 15) is 0 Å². The Kier molecular flexibility index (Phi) is 3.90. The fraction of sp³-hybridized carbons (Fsp3) is 0.125. The SMILES string of the molecule is CCc1ccc(-n2c(-c3ccccc3Cl)n[nH]c2=S)cc1. The Balaban J connectivity index is 2.17. The van der Waals surface area contributed by atoms with Gasteiger partial charge in [-0.3, -0.25) is 9.67 Å². The summed E-state index contributed by atoms with van der Waals surface area (Å²) in [6.45, 7) is 2.13. The van der Waals surface area contributed by atoms with Crippen LogP contribution < -0.4 is 0 Å². The maximum absolute atomic E-state index is 6.27. The van der Waals surface area contributed by atoms with E-state index in [1.54, 1.807) is 0 Å². The van der Waals surface area contributed by atoms with Gasteiger partial charge in [0.25, 0.3) is 0 Å². The molecule has 0 saturated heterocycles. The van der Waals surface area contributed by atoms with Gasteiger partial charge < -0.3 is 0 Å². The Morgan fingerprint density at radius 1 is 1.14 bits per heavy atom. The summed E-state index contributed by atoms with van der Waals surface area (Å²) in [5.74, 6) is 0.717. The van der Waals surface area contributed by atoms with Gasteiger partial charge in [0.2, 0.25) is 0 Å². The molecule has 0 aliphatic rings. The number of aromatic nitrogens is 3. The lowest BCUT2D eigenvalue weighted by molar-refractivity contribution is 1.03. The van der Waals surface area contributed by atoms with E-state index in [1.807, 2.05) is 41.0 Å². The fourth-order valence-electron chi connectivity index (χ4n) is 2.24. The molecule has 0 amide bonds. The molecule has 106 valence electrons. The van der Waals surface area contributed by atoms with Crippen LogP contribution in [0.15, 0.2) is 48.5 Å². The topological polar surface area (TPSA) is 33.6 Å². The molecule has 3 rings (SSSR count). The molecule has 1 heterocycles. The lowest BCUT2D eigenvalue weighted by atomic mass is 10.1. The summed E-state index contributed by atoms with van der Waals surface area (Å²) >= 11 is 11.6. The number of aryl methyl sites for hydroxylation is 1. The zero-order chi connectivity index (χ0) is 14.8. The van der Waals surface area contributed by atoms with Crippen LogP contribution in [0, 0.1) is 4.77 Å². The Hall–Kier alpha value is -1.91. The number of aromatic amines is 1. The molecule has 0 atom stereocenters. The van der Waals surface area contributed by atoms with Gasteiger partial charge in [-0.2, -0.15) is 5.10 Å². The molecule has 3 aromatic rings. The maximum Gasteiger partial charge on any atom is 0.200 e. The molecule has 0 aliphatic heterocycles. The van der Waals surface area contributed by atoms with Crippen molar-refractivity contribution in [3.05, 3.63) is 63.9 Å². The molecule has 0 bridgehead atoms. The smallest absolute Gasteiger partial charge is 0.200 e. The summed E-state index contributed by atoms with van der Waals surface area (Å²) in [6.07, 6.45) is 1.01. The van der Waals surface area contributed by atoms with Crippen molar-refractivity contribution >= 4 is 23.8 Å². The number of hydrogen-bond donors (Lipinski definition) is 1. The molecule has 5 heteroatoms. The van der Waals surface area contributed by atoms with E-state index < -0.39 is 0 Å². The van der Waals surface area contributed by atoms with E-state index >= 15 is 0 Å². The molecule has 1 aromatic heterocycles. The highest BCUT2D eigenvalue weighted by atomic mass is 35.5. The molecular weight excluding hydrogens is 302 g/mol. The Bertz CT molecular complexity index is 818. The summed E-state index contributed by atoms with van der Waals surface area (Å²) < 4.78 is 2.45. The van der Waals surface area contributed by atoms with Crippen LogP contribution in [0.4, 0.5) is 0 Å². The van der Waals surface area contributed by atoms with Crippen LogP contribution in [0.3, 0.4) is 0 Å². The highest BCUT2D eigenvalue weighted by Crippen LogP contribution is 2.28. The Morgan fingerprint density at radius 3 is 2.52 bits per heavy atom. The Morgan fingerprint density at radius 2 is 1.86 bits per heavy atom. The summed E-state index contributed by atoms with van der Waals surface area (Å²) in [6, 6.07) is 15.9. The second kappa shape index (κ2) is 5.84. The molecule has 2 aromatic carbocycles. The van der Waals surface area contributed by atoms with Crippen LogP contribution in [0.5, 0.6) is 0 Å². The van der Waals surface area contributed by atoms with Crippen molar-refractivity contribution < 1.29 is 0 Å². The van der Waals surface area contributed by atoms with Gasteiger partial charge in [-0.15, -0.1) is 0 Å². The van der Waals surface area contributed by atoms with Gasteiger partial charge in [-0.05, 0) is 48.5 Å². The van der Waals surface area contributed by atoms with Crippen molar-refractivity contribution in [2.24, 2.45) is 0 Å². The minimum Gasteiger partial charge on any atom is -0.268 e. The van der Waals surface area contributed by atoms with Crippen molar-refractivity contribution in [1.29, 1.82) is 0 Å². The first-order valence-corrected chi connectivity index (χ1v) is 7.51. The van der Waals surface area contributed by atoms with E-state index in [0.717, 1.165) is 23.5 Å². The minimum absolute atomic E-state index is 0.550. The van der Waals surface area contributed by atoms with Gasteiger partial charge in [0, 0.05) is 11.3 Å². The number of benzene rings is 2. The molecule has 0 saturated carbocycles. The standard InChI is InChI=1S/C16H14ClN3S/c1-2-11-7-9-12(10-8-11)20-15(18-19-16(20)21)13-5-3-4-6-14(13)17/h3-10H,2H2,1H3,(H,19,21). The molecule has 0 fully saturated rings. The fourth-order valence-corrected chi connectivity index (χ4v) is 2.70. The van der Waals surface area contributed by atoms with Crippen LogP contribution in [0.2, 0.25) is 5.02 Å². The third-order valence-electron chi connectivity index (χ3n) is 3.39. The third-order valence-corrected chi connectivity index (χ3v) is 3.99. The van der Waals surface area contributed by atoms with E-state index in [0.29, 0.717) is 9.79 Å². The van der Waals surface area contributed by atoms with Crippen LogP contribution in [0.25, 0.3) is 17.1 Å². The number of rotatable bonds is 3. The molecule has 3 nitrogen and oxygen atoms in total. The predicted octanol–water partition coefficient (Wildman–Crippen LogP) is 4.81. The first-order valence-electron chi connectivity index (χ1n) is 6.72. The lowest BCUT2D eigenvalue weighted by Gasteiger charge is -2.08. The maximum atomic E-state index is 6.27. The Labute approximate surface area is 133 Å². The van der Waals surface area contributed by atoms with Gasteiger partial charge in [0.1, 0.15) is 0 Å². The molecule has 0 spiro atoms. The molecule has 21 heavy (non-hydrogen) atoms. The van der Waals surface area contributed by atoms with Crippen LogP contribution >= 0.6 is 23.8 Å². The average molecular weight is 316 g/mol. The van der Waals surface area contributed by atoms with Gasteiger partial charge in [-0.25, -0.2) is 0 Å². The van der Waals surface area contributed by atoms with E-state index in [2.05, 4.69) is 29.3 Å². The van der Waals surface area contributed by atoms with E-state index in [4.69, 9.17) is 23.8 Å². The third kappa shape index (κ3) is 2.64. The highest BCUT2D eigenvalue weighted by molar-refractivity contribution is 7.71. The lowest BCUT2D eigenvalue weighted by Crippen LogP contribution is -1.98. The van der Waals surface area contributed by atoms with Crippen molar-refractivity contribution in [3.63, 3.8) is 0 Å². The second-order valence-electron chi connectivity index (χ2n) is 4.69. The zero-order valence-electron chi connectivity index (χ0n) is 11.5. The van der Waals surface area contributed by atoms with Gasteiger partial charge in [0.15, 0.2) is 10.6 Å². The van der Waals surface area contributed by atoms with Crippen LogP contribution in [0.1, 0.15) is 12.5 Å². The summed E-state index contributed by atoms with van der Waals surface area (Å²) in [5, 5.41) is 7.83. The van der Waals surface area contributed by atoms with E-state index in [1.165, 1.54) is 5.56 Å². The quantitative estimate of drug-likeness (QED) is 0.703. The largest absolute Gasteiger partial charge is 0.268 e. The predicted molar refractivity (Wildman–Crippen MR) is 88.6 cm³/mol. The molecule has 1 N–H and O–H groups in total.